The van der Waals surface area contributed by atoms with Crippen LogP contribution in [0.4, 0.5) is 0 Å². The zero-order valence-electron chi connectivity index (χ0n) is 8.94. The van der Waals surface area contributed by atoms with Crippen LogP contribution in [0.3, 0.4) is 0 Å². The fraction of sp³-hybridized carbons (Fsp3) is 1.00. The lowest BCUT2D eigenvalue weighted by molar-refractivity contribution is 0.0556. The molecule has 1 N–H and O–H groups in total. The monoisotopic (exact) mass is 181 g/mol. The van der Waals surface area contributed by atoms with Gasteiger partial charge in [0.25, 0.3) is 0 Å². The van der Waals surface area contributed by atoms with Gasteiger partial charge in [-0.2, -0.15) is 0 Å². The first-order valence-corrected chi connectivity index (χ1v) is 6.05. The van der Waals surface area contributed by atoms with Crippen LogP contribution < -0.4 is 5.32 Å². The molecule has 2 aliphatic rings. The van der Waals surface area contributed by atoms with Crippen LogP contribution in [0.1, 0.15) is 51.9 Å². The normalized spacial score (nSPS) is 27.5. The highest BCUT2D eigenvalue weighted by molar-refractivity contribution is 4.91. The molecule has 0 amide bonds. The van der Waals surface area contributed by atoms with E-state index in [-0.39, 0.29) is 0 Å². The Morgan fingerprint density at radius 3 is 2.31 bits per heavy atom. The second-order valence-corrected chi connectivity index (χ2v) is 5.10. The van der Waals surface area contributed by atoms with Gasteiger partial charge >= 0.3 is 0 Å². The van der Waals surface area contributed by atoms with Crippen LogP contribution in [-0.2, 0) is 0 Å². The lowest BCUT2D eigenvalue weighted by Gasteiger charge is -2.47. The van der Waals surface area contributed by atoms with Crippen LogP contribution >= 0.6 is 0 Å². The van der Waals surface area contributed by atoms with Gasteiger partial charge in [0.2, 0.25) is 0 Å². The van der Waals surface area contributed by atoms with Crippen LogP contribution in [0.15, 0.2) is 0 Å². The first-order chi connectivity index (χ1) is 6.35. The van der Waals surface area contributed by atoms with Gasteiger partial charge in [-0.15, -0.1) is 0 Å². The minimum absolute atomic E-state index is 0.850. The van der Waals surface area contributed by atoms with Gasteiger partial charge in [-0.3, -0.25) is 0 Å². The maximum absolute atomic E-state index is 3.48. The maximum Gasteiger partial charge on any atom is -0.00206 e. The summed E-state index contributed by atoms with van der Waals surface area (Å²) in [5.74, 6) is 0.992. The number of nitrogens with one attached hydrogen (secondary N) is 1. The van der Waals surface area contributed by atoms with Crippen molar-refractivity contribution >= 4 is 0 Å². The van der Waals surface area contributed by atoms with Gasteiger partial charge in [-0.05, 0) is 62.9 Å². The highest BCUT2D eigenvalue weighted by atomic mass is 14.8. The summed E-state index contributed by atoms with van der Waals surface area (Å²) in [6, 6.07) is 0. The molecule has 0 radical (unpaired) electrons. The summed E-state index contributed by atoms with van der Waals surface area (Å²) < 4.78 is 0. The smallest absolute Gasteiger partial charge is 0.00206 e. The number of rotatable bonds is 3. The van der Waals surface area contributed by atoms with E-state index in [9.17, 15) is 0 Å². The zero-order chi connectivity index (χ0) is 9.15. The summed E-state index contributed by atoms with van der Waals surface area (Å²) in [5.41, 5.74) is 0.850. The van der Waals surface area contributed by atoms with Crippen LogP contribution in [0, 0.1) is 11.3 Å². The van der Waals surface area contributed by atoms with E-state index < -0.39 is 0 Å². The van der Waals surface area contributed by atoms with E-state index in [2.05, 4.69) is 12.2 Å². The summed E-state index contributed by atoms with van der Waals surface area (Å²) in [5, 5.41) is 3.48. The lowest BCUT2D eigenvalue weighted by atomic mass is 9.59. The first-order valence-electron chi connectivity index (χ1n) is 6.05. The van der Waals surface area contributed by atoms with Crippen LogP contribution in [0.2, 0.25) is 0 Å². The minimum Gasteiger partial charge on any atom is -0.317 e. The predicted molar refractivity (Wildman–Crippen MR) is 56.8 cm³/mol. The molecule has 1 nitrogen and oxygen atoms in total. The van der Waals surface area contributed by atoms with Crippen molar-refractivity contribution in [3.05, 3.63) is 0 Å². The van der Waals surface area contributed by atoms with Crippen molar-refractivity contribution < 1.29 is 0 Å². The average molecular weight is 181 g/mol. The van der Waals surface area contributed by atoms with Gasteiger partial charge in [0.1, 0.15) is 0 Å². The molecule has 2 aliphatic carbocycles. The predicted octanol–water partition coefficient (Wildman–Crippen LogP) is 2.96. The molecule has 2 rings (SSSR count). The Morgan fingerprint density at radius 2 is 1.85 bits per heavy atom. The Morgan fingerprint density at radius 1 is 1.15 bits per heavy atom. The summed E-state index contributed by atoms with van der Waals surface area (Å²) in [4.78, 5) is 0. The minimum atomic E-state index is 0.850. The van der Waals surface area contributed by atoms with E-state index in [1.807, 2.05) is 0 Å². The SMILES string of the molecule is CCNCC1CCC2(CCC2)CC1. The molecular weight excluding hydrogens is 158 g/mol. The van der Waals surface area contributed by atoms with Crippen LogP contribution in [0.25, 0.3) is 0 Å². The Kier molecular flexibility index (Phi) is 2.92. The molecule has 13 heavy (non-hydrogen) atoms. The largest absolute Gasteiger partial charge is 0.317 e. The summed E-state index contributed by atoms with van der Waals surface area (Å²) >= 11 is 0. The third kappa shape index (κ3) is 2.07. The van der Waals surface area contributed by atoms with Gasteiger partial charge < -0.3 is 5.32 Å². The molecule has 2 fully saturated rings. The van der Waals surface area contributed by atoms with Crippen LogP contribution in [-0.4, -0.2) is 13.1 Å². The van der Waals surface area contributed by atoms with Crippen molar-refractivity contribution in [1.29, 1.82) is 0 Å². The molecule has 76 valence electrons. The van der Waals surface area contributed by atoms with Crippen molar-refractivity contribution in [3.8, 4) is 0 Å². The Labute approximate surface area is 82.3 Å². The quantitative estimate of drug-likeness (QED) is 0.706. The maximum atomic E-state index is 3.48. The molecule has 0 atom stereocenters. The fourth-order valence-electron chi connectivity index (χ4n) is 3.02. The highest BCUT2D eigenvalue weighted by Gasteiger charge is 2.39. The van der Waals surface area contributed by atoms with E-state index >= 15 is 0 Å². The van der Waals surface area contributed by atoms with Gasteiger partial charge in [-0.25, -0.2) is 0 Å². The molecule has 2 saturated carbocycles. The van der Waals surface area contributed by atoms with Gasteiger partial charge in [0, 0.05) is 0 Å². The topological polar surface area (TPSA) is 12.0 Å². The molecule has 0 aromatic carbocycles. The summed E-state index contributed by atoms with van der Waals surface area (Å²) in [6.07, 6.45) is 10.6. The van der Waals surface area contributed by atoms with E-state index in [0.29, 0.717) is 0 Å². The van der Waals surface area contributed by atoms with Crippen molar-refractivity contribution in [2.24, 2.45) is 11.3 Å². The summed E-state index contributed by atoms with van der Waals surface area (Å²) in [7, 11) is 0. The lowest BCUT2D eigenvalue weighted by Crippen LogP contribution is -2.36. The fourth-order valence-corrected chi connectivity index (χ4v) is 3.02. The Balaban J connectivity index is 1.70. The molecule has 0 aromatic heterocycles. The van der Waals surface area contributed by atoms with Gasteiger partial charge in [-0.1, -0.05) is 13.3 Å². The van der Waals surface area contributed by atoms with Crippen molar-refractivity contribution in [2.75, 3.05) is 13.1 Å². The van der Waals surface area contributed by atoms with Crippen molar-refractivity contribution in [2.45, 2.75) is 51.9 Å². The van der Waals surface area contributed by atoms with E-state index in [0.717, 1.165) is 17.9 Å². The second-order valence-electron chi connectivity index (χ2n) is 5.10. The molecule has 0 bridgehead atoms. The molecule has 0 aliphatic heterocycles. The van der Waals surface area contributed by atoms with Gasteiger partial charge in [0.15, 0.2) is 0 Å². The molecule has 0 heterocycles. The standard InChI is InChI=1S/C12H23N/c1-2-13-10-11-4-8-12(9-5-11)6-3-7-12/h11,13H,2-10H2,1H3. The van der Waals surface area contributed by atoms with E-state index in [1.165, 1.54) is 38.6 Å². The number of hydrogen-bond donors (Lipinski definition) is 1. The highest BCUT2D eigenvalue weighted by Crippen LogP contribution is 2.52. The number of hydrogen-bond acceptors (Lipinski definition) is 1. The third-order valence-electron chi connectivity index (χ3n) is 4.26. The molecule has 1 heteroatoms. The van der Waals surface area contributed by atoms with Crippen molar-refractivity contribution in [1.82, 2.24) is 5.32 Å². The molecule has 1 spiro atoms. The third-order valence-corrected chi connectivity index (χ3v) is 4.26. The van der Waals surface area contributed by atoms with E-state index in [4.69, 9.17) is 0 Å². The molecule has 0 aromatic rings. The zero-order valence-corrected chi connectivity index (χ0v) is 8.94. The van der Waals surface area contributed by atoms with E-state index in [1.54, 1.807) is 12.8 Å². The van der Waals surface area contributed by atoms with Crippen LogP contribution in [0.5, 0.6) is 0 Å². The van der Waals surface area contributed by atoms with Gasteiger partial charge in [0.05, 0.1) is 0 Å². The Bertz CT molecular complexity index is 151. The first kappa shape index (κ1) is 9.51. The molecule has 0 saturated heterocycles. The second kappa shape index (κ2) is 4.00. The Hall–Kier alpha value is -0.0400. The summed E-state index contributed by atoms with van der Waals surface area (Å²) in [6.45, 7) is 4.62. The van der Waals surface area contributed by atoms with Crippen molar-refractivity contribution in [3.63, 3.8) is 0 Å². The molecule has 0 unspecified atom stereocenters. The molecular formula is C12H23N. The average Bonchev–Trinajstić information content (AvgIpc) is 2.13.